The molecule has 6 nitrogen and oxygen atoms in total. The van der Waals surface area contributed by atoms with Crippen molar-refractivity contribution in [3.63, 3.8) is 0 Å². The summed E-state index contributed by atoms with van der Waals surface area (Å²) in [6.07, 6.45) is 0.593. The maximum Gasteiger partial charge on any atom is 0.307 e. The predicted octanol–water partition coefficient (Wildman–Crippen LogP) is 0.700. The first-order valence-corrected chi connectivity index (χ1v) is 7.59. The molecule has 1 amide bonds. The van der Waals surface area contributed by atoms with E-state index in [9.17, 15) is 9.59 Å². The molecule has 3 rings (SSSR count). The number of carboxylic acids is 1. The summed E-state index contributed by atoms with van der Waals surface area (Å²) in [7, 11) is 1.94. The zero-order valence-electron chi connectivity index (χ0n) is 12.7. The van der Waals surface area contributed by atoms with E-state index in [4.69, 9.17) is 5.11 Å². The van der Waals surface area contributed by atoms with Crippen molar-refractivity contribution in [2.45, 2.75) is 12.5 Å². The summed E-state index contributed by atoms with van der Waals surface area (Å²) in [6.45, 7) is 2.48. The molecule has 0 bridgehead atoms. The third-order valence-electron chi connectivity index (χ3n) is 4.48. The van der Waals surface area contributed by atoms with Gasteiger partial charge in [0.1, 0.15) is 0 Å². The summed E-state index contributed by atoms with van der Waals surface area (Å²) in [5.41, 5.74) is 1.95. The molecule has 22 heavy (non-hydrogen) atoms. The lowest BCUT2D eigenvalue weighted by molar-refractivity contribution is -0.141. The summed E-state index contributed by atoms with van der Waals surface area (Å²) < 4.78 is 0. The van der Waals surface area contributed by atoms with Gasteiger partial charge in [-0.3, -0.25) is 14.5 Å². The Morgan fingerprint density at radius 2 is 2.18 bits per heavy atom. The molecule has 1 aromatic carbocycles. The number of nitrogens with zero attached hydrogens (tertiary/aromatic N) is 2. The fourth-order valence-corrected chi connectivity index (χ4v) is 3.15. The third kappa shape index (κ3) is 2.98. The van der Waals surface area contributed by atoms with E-state index in [1.165, 1.54) is 0 Å². The molecule has 0 spiro atoms. The molecule has 0 saturated carbocycles. The molecule has 2 aliphatic heterocycles. The molecule has 1 aromatic rings. The topological polar surface area (TPSA) is 72.9 Å². The monoisotopic (exact) mass is 303 g/mol. The van der Waals surface area contributed by atoms with Crippen molar-refractivity contribution in [2.24, 2.45) is 5.92 Å². The maximum atomic E-state index is 12.2. The highest BCUT2D eigenvalue weighted by Crippen LogP contribution is 2.30. The van der Waals surface area contributed by atoms with Gasteiger partial charge in [-0.25, -0.2) is 0 Å². The van der Waals surface area contributed by atoms with Crippen molar-refractivity contribution >= 4 is 17.6 Å². The van der Waals surface area contributed by atoms with Crippen LogP contribution in [0.2, 0.25) is 0 Å². The van der Waals surface area contributed by atoms with Crippen molar-refractivity contribution in [2.75, 3.05) is 38.1 Å². The third-order valence-corrected chi connectivity index (χ3v) is 4.48. The SMILES string of the molecule is CN1CCN(c2cccc(C3CC(C(=O)O)CN3)c2)C(=O)C1. The van der Waals surface area contributed by atoms with Crippen molar-refractivity contribution in [1.29, 1.82) is 0 Å². The molecule has 2 saturated heterocycles. The number of anilines is 1. The van der Waals surface area contributed by atoms with Crippen LogP contribution in [-0.4, -0.2) is 55.1 Å². The fourth-order valence-electron chi connectivity index (χ4n) is 3.15. The number of hydrogen-bond donors (Lipinski definition) is 2. The minimum atomic E-state index is -0.750. The van der Waals surface area contributed by atoms with E-state index in [-0.39, 0.29) is 17.9 Å². The molecule has 6 heteroatoms. The van der Waals surface area contributed by atoms with Gasteiger partial charge in [0.25, 0.3) is 0 Å². The number of piperazine rings is 1. The minimum Gasteiger partial charge on any atom is -0.481 e. The van der Waals surface area contributed by atoms with Crippen LogP contribution >= 0.6 is 0 Å². The number of hydrogen-bond acceptors (Lipinski definition) is 4. The van der Waals surface area contributed by atoms with E-state index in [1.807, 2.05) is 41.1 Å². The van der Waals surface area contributed by atoms with Gasteiger partial charge in [0, 0.05) is 31.4 Å². The molecular formula is C16H21N3O3. The number of carbonyl (C=O) groups is 2. The second-order valence-electron chi connectivity index (χ2n) is 6.11. The van der Waals surface area contributed by atoms with Crippen LogP contribution in [0.25, 0.3) is 0 Å². The van der Waals surface area contributed by atoms with E-state index in [0.29, 0.717) is 26.1 Å². The number of carboxylic acid groups (broad SMARTS) is 1. The average molecular weight is 303 g/mol. The van der Waals surface area contributed by atoms with Crippen LogP contribution in [0.1, 0.15) is 18.0 Å². The van der Waals surface area contributed by atoms with Gasteiger partial charge >= 0.3 is 5.97 Å². The van der Waals surface area contributed by atoms with Gasteiger partial charge in [-0.15, -0.1) is 0 Å². The number of aliphatic carboxylic acids is 1. The van der Waals surface area contributed by atoms with Gasteiger partial charge in [-0.2, -0.15) is 0 Å². The number of carbonyl (C=O) groups excluding carboxylic acids is 1. The fraction of sp³-hybridized carbons (Fsp3) is 0.500. The lowest BCUT2D eigenvalue weighted by Crippen LogP contribution is -2.48. The van der Waals surface area contributed by atoms with Crippen molar-refractivity contribution in [1.82, 2.24) is 10.2 Å². The molecule has 2 N–H and O–H groups in total. The Labute approximate surface area is 129 Å². The standard InChI is InChI=1S/C16H21N3O3/c1-18-5-6-19(15(20)10-18)13-4-2-3-11(7-13)14-8-12(9-17-14)16(21)22/h2-4,7,12,14,17H,5-6,8-10H2,1H3,(H,21,22). The van der Waals surface area contributed by atoms with E-state index < -0.39 is 5.97 Å². The van der Waals surface area contributed by atoms with Crippen LogP contribution in [0.5, 0.6) is 0 Å². The highest BCUT2D eigenvalue weighted by atomic mass is 16.4. The quantitative estimate of drug-likeness (QED) is 0.860. The second-order valence-corrected chi connectivity index (χ2v) is 6.11. The number of benzene rings is 1. The number of rotatable bonds is 3. The zero-order valence-corrected chi connectivity index (χ0v) is 12.7. The van der Waals surface area contributed by atoms with Gasteiger partial charge in [-0.1, -0.05) is 12.1 Å². The molecule has 2 unspecified atom stereocenters. The van der Waals surface area contributed by atoms with E-state index in [0.717, 1.165) is 17.8 Å². The van der Waals surface area contributed by atoms with Crippen LogP contribution in [-0.2, 0) is 9.59 Å². The van der Waals surface area contributed by atoms with E-state index in [2.05, 4.69) is 5.32 Å². The first-order valence-electron chi connectivity index (χ1n) is 7.59. The van der Waals surface area contributed by atoms with Gasteiger partial charge in [-0.05, 0) is 31.2 Å². The van der Waals surface area contributed by atoms with Crippen LogP contribution in [0.4, 0.5) is 5.69 Å². The number of amides is 1. The minimum absolute atomic E-state index is 0.0450. The zero-order chi connectivity index (χ0) is 15.7. The van der Waals surface area contributed by atoms with Crippen LogP contribution in [0.3, 0.4) is 0 Å². The lowest BCUT2D eigenvalue weighted by Gasteiger charge is -2.32. The molecule has 2 fully saturated rings. The van der Waals surface area contributed by atoms with Crippen molar-refractivity contribution < 1.29 is 14.7 Å². The maximum absolute atomic E-state index is 12.2. The van der Waals surface area contributed by atoms with Crippen LogP contribution in [0.15, 0.2) is 24.3 Å². The first-order chi connectivity index (χ1) is 10.5. The summed E-state index contributed by atoms with van der Waals surface area (Å²) in [5, 5.41) is 12.4. The van der Waals surface area contributed by atoms with Crippen LogP contribution in [0, 0.1) is 5.92 Å². The second kappa shape index (κ2) is 6.06. The molecule has 2 atom stereocenters. The van der Waals surface area contributed by atoms with Crippen molar-refractivity contribution in [3.8, 4) is 0 Å². The molecule has 0 aliphatic carbocycles. The lowest BCUT2D eigenvalue weighted by atomic mass is 9.99. The molecule has 0 aromatic heterocycles. The van der Waals surface area contributed by atoms with Crippen molar-refractivity contribution in [3.05, 3.63) is 29.8 Å². The Morgan fingerprint density at radius 3 is 2.86 bits per heavy atom. The Kier molecular flexibility index (Phi) is 4.13. The normalized spacial score (nSPS) is 26.4. The van der Waals surface area contributed by atoms with E-state index >= 15 is 0 Å². The first kappa shape index (κ1) is 15.0. The summed E-state index contributed by atoms with van der Waals surface area (Å²) in [4.78, 5) is 27.1. The molecular weight excluding hydrogens is 282 g/mol. The Balaban J connectivity index is 1.76. The van der Waals surface area contributed by atoms with Gasteiger partial charge in [0.2, 0.25) is 5.91 Å². The summed E-state index contributed by atoms with van der Waals surface area (Å²) in [5.74, 6) is -0.979. The highest BCUT2D eigenvalue weighted by molar-refractivity contribution is 5.95. The molecule has 0 radical (unpaired) electrons. The predicted molar refractivity (Wildman–Crippen MR) is 82.8 cm³/mol. The van der Waals surface area contributed by atoms with E-state index in [1.54, 1.807) is 0 Å². The highest BCUT2D eigenvalue weighted by Gasteiger charge is 2.30. The summed E-state index contributed by atoms with van der Waals surface area (Å²) >= 11 is 0. The smallest absolute Gasteiger partial charge is 0.307 e. The largest absolute Gasteiger partial charge is 0.481 e. The summed E-state index contributed by atoms with van der Waals surface area (Å²) in [6, 6.07) is 7.92. The van der Waals surface area contributed by atoms with Gasteiger partial charge < -0.3 is 15.3 Å². The van der Waals surface area contributed by atoms with Gasteiger partial charge in [0.15, 0.2) is 0 Å². The van der Waals surface area contributed by atoms with Gasteiger partial charge in [0.05, 0.1) is 12.5 Å². The Hall–Kier alpha value is -1.92. The molecule has 2 aliphatic rings. The van der Waals surface area contributed by atoms with Crippen LogP contribution < -0.4 is 10.2 Å². The average Bonchev–Trinajstić information content (AvgIpc) is 2.97. The Bertz CT molecular complexity index is 590. The molecule has 2 heterocycles. The number of nitrogens with one attached hydrogen (secondary N) is 1. The molecule has 118 valence electrons. The number of likely N-dealkylation sites (N-methyl/N-ethyl adjacent to an activating group) is 1. The Morgan fingerprint density at radius 1 is 1.36 bits per heavy atom.